The van der Waals surface area contributed by atoms with E-state index in [4.69, 9.17) is 22.7 Å². The Kier molecular flexibility index (Phi) is 4.85. The molecule has 102 valence electrons. The maximum absolute atomic E-state index is 11.9. The second kappa shape index (κ2) is 6.82. The van der Waals surface area contributed by atoms with E-state index in [1.165, 1.54) is 0 Å². The van der Waals surface area contributed by atoms with Crippen LogP contribution in [0.1, 0.15) is 21.5 Å². The summed E-state index contributed by atoms with van der Waals surface area (Å²) >= 11 is 4.84. The molecule has 0 saturated heterocycles. The molecular formula is C16H15NO2S. The van der Waals surface area contributed by atoms with E-state index < -0.39 is 0 Å². The van der Waals surface area contributed by atoms with Gasteiger partial charge in [-0.1, -0.05) is 54.7 Å². The summed E-state index contributed by atoms with van der Waals surface area (Å²) in [5.41, 5.74) is 7.94. The fourth-order valence-corrected chi connectivity index (χ4v) is 1.93. The average Bonchev–Trinajstić information content (AvgIpc) is 2.46. The monoisotopic (exact) mass is 285 g/mol. The van der Waals surface area contributed by atoms with Gasteiger partial charge in [0.05, 0.1) is 10.6 Å². The van der Waals surface area contributed by atoms with Gasteiger partial charge >= 0.3 is 5.97 Å². The van der Waals surface area contributed by atoms with Gasteiger partial charge in [0.1, 0.15) is 6.61 Å². The fraction of sp³-hybridized carbons (Fsp3) is 0.125. The number of carbonyl (C=O) groups excluding carboxylic acids is 1. The second-order valence-electron chi connectivity index (χ2n) is 4.40. The van der Waals surface area contributed by atoms with Crippen LogP contribution in [0, 0.1) is 0 Å². The lowest BCUT2D eigenvalue weighted by molar-refractivity contribution is 0.0472. The molecule has 2 rings (SSSR count). The number of nitrogens with two attached hydrogens (primary N) is 1. The van der Waals surface area contributed by atoms with E-state index in [0.717, 1.165) is 11.1 Å². The van der Waals surface area contributed by atoms with Gasteiger partial charge in [0.25, 0.3) is 0 Å². The van der Waals surface area contributed by atoms with Crippen LogP contribution < -0.4 is 5.73 Å². The predicted molar refractivity (Wildman–Crippen MR) is 82.5 cm³/mol. The lowest BCUT2D eigenvalue weighted by Gasteiger charge is -2.06. The minimum atomic E-state index is -0.337. The first-order chi connectivity index (χ1) is 9.65. The van der Waals surface area contributed by atoms with E-state index in [9.17, 15) is 4.79 Å². The summed E-state index contributed by atoms with van der Waals surface area (Å²) in [5, 5.41) is 0. The fourth-order valence-electron chi connectivity index (χ4n) is 1.77. The van der Waals surface area contributed by atoms with Crippen LogP contribution in [-0.2, 0) is 17.8 Å². The Balaban J connectivity index is 1.94. The number of esters is 1. The molecule has 2 N–H and O–H groups in total. The molecule has 2 aromatic carbocycles. The summed E-state index contributed by atoms with van der Waals surface area (Å²) in [4.78, 5) is 12.3. The Hall–Kier alpha value is -2.20. The van der Waals surface area contributed by atoms with Crippen molar-refractivity contribution in [2.45, 2.75) is 13.0 Å². The smallest absolute Gasteiger partial charge is 0.338 e. The molecule has 0 spiro atoms. The molecule has 0 unspecified atom stereocenters. The van der Waals surface area contributed by atoms with Gasteiger partial charge in [0, 0.05) is 6.42 Å². The van der Waals surface area contributed by atoms with Crippen LogP contribution in [0.3, 0.4) is 0 Å². The van der Waals surface area contributed by atoms with Crippen molar-refractivity contribution in [2.75, 3.05) is 0 Å². The van der Waals surface area contributed by atoms with Crippen LogP contribution in [0.25, 0.3) is 0 Å². The maximum Gasteiger partial charge on any atom is 0.338 e. The third-order valence-electron chi connectivity index (χ3n) is 2.78. The van der Waals surface area contributed by atoms with Crippen molar-refractivity contribution in [3.8, 4) is 0 Å². The van der Waals surface area contributed by atoms with Gasteiger partial charge in [-0.05, 0) is 23.3 Å². The number of hydrogen-bond donors (Lipinski definition) is 1. The van der Waals surface area contributed by atoms with Gasteiger partial charge in [0.15, 0.2) is 0 Å². The number of thiocarbonyl (C=S) groups is 1. The van der Waals surface area contributed by atoms with Crippen molar-refractivity contribution >= 4 is 23.2 Å². The van der Waals surface area contributed by atoms with Crippen LogP contribution >= 0.6 is 12.2 Å². The Morgan fingerprint density at radius 2 is 1.65 bits per heavy atom. The van der Waals surface area contributed by atoms with E-state index in [1.807, 2.05) is 42.5 Å². The minimum absolute atomic E-state index is 0.272. The van der Waals surface area contributed by atoms with E-state index >= 15 is 0 Å². The molecule has 20 heavy (non-hydrogen) atoms. The molecule has 3 nitrogen and oxygen atoms in total. The van der Waals surface area contributed by atoms with Gasteiger partial charge in [0.2, 0.25) is 0 Å². The number of ether oxygens (including phenoxy) is 1. The molecule has 0 radical (unpaired) electrons. The van der Waals surface area contributed by atoms with Crippen molar-refractivity contribution < 1.29 is 9.53 Å². The number of rotatable bonds is 5. The molecular weight excluding hydrogens is 270 g/mol. The average molecular weight is 285 g/mol. The molecule has 0 saturated carbocycles. The highest BCUT2D eigenvalue weighted by molar-refractivity contribution is 7.80. The largest absolute Gasteiger partial charge is 0.457 e. The topological polar surface area (TPSA) is 52.3 Å². The molecule has 0 heterocycles. The summed E-state index contributed by atoms with van der Waals surface area (Å²) in [6.45, 7) is 0.272. The van der Waals surface area contributed by atoms with E-state index in [-0.39, 0.29) is 12.6 Å². The molecule has 0 fully saturated rings. The molecule has 0 atom stereocenters. The molecule has 0 aliphatic rings. The Morgan fingerprint density at radius 1 is 1.00 bits per heavy atom. The lowest BCUT2D eigenvalue weighted by atomic mass is 10.1. The zero-order chi connectivity index (χ0) is 14.4. The van der Waals surface area contributed by atoms with Gasteiger partial charge in [-0.3, -0.25) is 0 Å². The van der Waals surface area contributed by atoms with Gasteiger partial charge in [-0.15, -0.1) is 0 Å². The SMILES string of the molecule is NC(=S)Cc1ccc(C(=O)OCc2ccccc2)cc1. The standard InChI is InChI=1S/C16H15NO2S/c17-15(20)10-12-6-8-14(9-7-12)16(18)19-11-13-4-2-1-3-5-13/h1-9H,10-11H2,(H2,17,20). The molecule has 0 bridgehead atoms. The van der Waals surface area contributed by atoms with Crippen LogP contribution in [0.4, 0.5) is 0 Å². The van der Waals surface area contributed by atoms with Crippen molar-refractivity contribution in [3.05, 3.63) is 71.3 Å². The van der Waals surface area contributed by atoms with Gasteiger partial charge in [-0.25, -0.2) is 4.79 Å². The summed E-state index contributed by atoms with van der Waals surface area (Å²) in [5.74, 6) is -0.337. The third-order valence-corrected chi connectivity index (χ3v) is 2.93. The van der Waals surface area contributed by atoms with Crippen LogP contribution in [0.2, 0.25) is 0 Å². The number of hydrogen-bond acceptors (Lipinski definition) is 3. The van der Waals surface area contributed by atoms with Crippen LogP contribution in [0.15, 0.2) is 54.6 Å². The van der Waals surface area contributed by atoms with Crippen molar-refractivity contribution in [1.29, 1.82) is 0 Å². The Bertz CT molecular complexity index is 594. The highest BCUT2D eigenvalue weighted by Gasteiger charge is 2.07. The predicted octanol–water partition coefficient (Wildman–Crippen LogP) is 2.87. The first-order valence-corrected chi connectivity index (χ1v) is 6.64. The van der Waals surface area contributed by atoms with Crippen LogP contribution in [0.5, 0.6) is 0 Å². The molecule has 0 aliphatic heterocycles. The Morgan fingerprint density at radius 3 is 2.25 bits per heavy atom. The molecule has 2 aromatic rings. The highest BCUT2D eigenvalue weighted by atomic mass is 32.1. The van der Waals surface area contributed by atoms with E-state index in [1.54, 1.807) is 12.1 Å². The molecule has 0 amide bonds. The molecule has 0 aromatic heterocycles. The second-order valence-corrected chi connectivity index (χ2v) is 4.93. The van der Waals surface area contributed by atoms with Gasteiger partial charge in [-0.2, -0.15) is 0 Å². The quantitative estimate of drug-likeness (QED) is 0.678. The lowest BCUT2D eigenvalue weighted by Crippen LogP contribution is -2.11. The van der Waals surface area contributed by atoms with Crippen molar-refractivity contribution in [1.82, 2.24) is 0 Å². The van der Waals surface area contributed by atoms with Crippen LogP contribution in [-0.4, -0.2) is 11.0 Å². The third kappa shape index (κ3) is 4.17. The van der Waals surface area contributed by atoms with E-state index in [2.05, 4.69) is 0 Å². The van der Waals surface area contributed by atoms with Crippen molar-refractivity contribution in [2.24, 2.45) is 5.73 Å². The first kappa shape index (κ1) is 14.2. The van der Waals surface area contributed by atoms with E-state index in [0.29, 0.717) is 17.0 Å². The Labute approximate surface area is 123 Å². The summed E-state index contributed by atoms with van der Waals surface area (Å²) in [6, 6.07) is 16.7. The summed E-state index contributed by atoms with van der Waals surface area (Å²) in [7, 11) is 0. The number of benzene rings is 2. The van der Waals surface area contributed by atoms with Gasteiger partial charge < -0.3 is 10.5 Å². The highest BCUT2D eigenvalue weighted by Crippen LogP contribution is 2.09. The first-order valence-electron chi connectivity index (χ1n) is 6.23. The maximum atomic E-state index is 11.9. The molecule has 4 heteroatoms. The zero-order valence-electron chi connectivity index (χ0n) is 10.9. The molecule has 0 aliphatic carbocycles. The number of carbonyl (C=O) groups is 1. The zero-order valence-corrected chi connectivity index (χ0v) is 11.7. The summed E-state index contributed by atoms with van der Waals surface area (Å²) in [6.07, 6.45) is 0.536. The minimum Gasteiger partial charge on any atom is -0.457 e. The summed E-state index contributed by atoms with van der Waals surface area (Å²) < 4.78 is 5.25. The normalized spacial score (nSPS) is 10.0. The van der Waals surface area contributed by atoms with Crippen molar-refractivity contribution in [3.63, 3.8) is 0 Å².